The van der Waals surface area contributed by atoms with Crippen molar-refractivity contribution in [1.82, 2.24) is 24.6 Å². The molecule has 8 nitrogen and oxygen atoms in total. The van der Waals surface area contributed by atoms with E-state index in [0.717, 1.165) is 15.3 Å². The monoisotopic (exact) mass is 465 g/mol. The minimum Gasteiger partial charge on any atom is -0.345 e. The van der Waals surface area contributed by atoms with Gasteiger partial charge in [0.15, 0.2) is 0 Å². The van der Waals surface area contributed by atoms with E-state index in [-0.39, 0.29) is 18.8 Å². The maximum atomic E-state index is 13.8. The fourth-order valence-electron chi connectivity index (χ4n) is 3.13. The van der Waals surface area contributed by atoms with Crippen LogP contribution in [0, 0.1) is 5.82 Å². The highest BCUT2D eigenvalue weighted by molar-refractivity contribution is 6.31. The van der Waals surface area contributed by atoms with Crippen LogP contribution in [0.3, 0.4) is 0 Å². The molecule has 0 aliphatic heterocycles. The molecule has 166 valence electrons. The van der Waals surface area contributed by atoms with Crippen molar-refractivity contribution >= 4 is 17.5 Å². The molecule has 10 heteroatoms. The second kappa shape index (κ2) is 9.58. The lowest BCUT2D eigenvalue weighted by Gasteiger charge is -2.13. The average Bonchev–Trinajstić information content (AvgIpc) is 2.82. The van der Waals surface area contributed by atoms with Gasteiger partial charge in [0, 0.05) is 11.2 Å². The highest BCUT2D eigenvalue weighted by atomic mass is 35.5. The van der Waals surface area contributed by atoms with Crippen LogP contribution in [-0.2, 0) is 13.1 Å². The van der Waals surface area contributed by atoms with Gasteiger partial charge in [-0.05, 0) is 42.0 Å². The number of pyridine rings is 1. The maximum absolute atomic E-state index is 13.8. The van der Waals surface area contributed by atoms with E-state index in [1.165, 1.54) is 18.2 Å². The van der Waals surface area contributed by atoms with Crippen molar-refractivity contribution in [2.24, 2.45) is 0 Å². The number of aromatic nitrogens is 4. The molecule has 0 fully saturated rings. The van der Waals surface area contributed by atoms with Crippen LogP contribution < -0.4 is 16.6 Å². The molecule has 0 saturated carbocycles. The van der Waals surface area contributed by atoms with Gasteiger partial charge in [-0.3, -0.25) is 19.1 Å². The van der Waals surface area contributed by atoms with Crippen molar-refractivity contribution < 1.29 is 9.18 Å². The van der Waals surface area contributed by atoms with Gasteiger partial charge < -0.3 is 5.32 Å². The van der Waals surface area contributed by atoms with Gasteiger partial charge in [-0.25, -0.2) is 9.18 Å². The lowest BCUT2D eigenvalue weighted by atomic mass is 10.2. The van der Waals surface area contributed by atoms with Crippen LogP contribution in [0.2, 0.25) is 5.02 Å². The third-order valence-electron chi connectivity index (χ3n) is 4.77. The summed E-state index contributed by atoms with van der Waals surface area (Å²) < 4.78 is 15.5. The molecule has 2 heterocycles. The van der Waals surface area contributed by atoms with E-state index in [1.54, 1.807) is 48.7 Å². The topological polar surface area (TPSA) is 98.9 Å². The van der Waals surface area contributed by atoms with Gasteiger partial charge in [0.25, 0.3) is 11.5 Å². The Morgan fingerprint density at radius 2 is 1.82 bits per heavy atom. The molecule has 4 rings (SSSR count). The van der Waals surface area contributed by atoms with E-state index < -0.39 is 28.7 Å². The number of nitrogens with zero attached hydrogens (tertiary/aromatic N) is 4. The van der Waals surface area contributed by atoms with Crippen LogP contribution in [0.4, 0.5) is 4.39 Å². The quantitative estimate of drug-likeness (QED) is 0.472. The zero-order valence-corrected chi connectivity index (χ0v) is 17.9. The third-order valence-corrected chi connectivity index (χ3v) is 5.14. The molecular formula is C23H17ClFN5O3. The molecule has 0 aliphatic carbocycles. The van der Waals surface area contributed by atoms with Crippen LogP contribution in [0.25, 0.3) is 5.69 Å². The van der Waals surface area contributed by atoms with Gasteiger partial charge in [-0.15, -0.1) is 0 Å². The van der Waals surface area contributed by atoms with Gasteiger partial charge in [0.05, 0.1) is 24.5 Å². The third kappa shape index (κ3) is 4.88. The standard InChI is InChI=1S/C23H17ClFN5O3/c24-19-10-2-1-6-15(19)14-29-22(32)20(21(31)27-13-17-8-3-4-11-26-17)28-30(23(29)33)18-9-5-7-16(25)12-18/h1-12H,13-14H2,(H,27,31). The molecule has 0 atom stereocenters. The number of nitrogens with one attached hydrogen (secondary N) is 1. The van der Waals surface area contributed by atoms with Crippen LogP contribution in [0.5, 0.6) is 0 Å². The largest absolute Gasteiger partial charge is 0.352 e. The molecule has 2 aromatic carbocycles. The molecule has 2 aromatic heterocycles. The van der Waals surface area contributed by atoms with E-state index in [9.17, 15) is 18.8 Å². The fourth-order valence-corrected chi connectivity index (χ4v) is 3.32. The summed E-state index contributed by atoms with van der Waals surface area (Å²) in [5.74, 6) is -1.41. The highest BCUT2D eigenvalue weighted by Gasteiger charge is 2.21. The van der Waals surface area contributed by atoms with Crippen LogP contribution in [0.15, 0.2) is 82.5 Å². The molecule has 1 amide bonds. The SMILES string of the molecule is O=C(NCc1ccccn1)c1nn(-c2cccc(F)c2)c(=O)n(Cc2ccccc2Cl)c1=O. The summed E-state index contributed by atoms with van der Waals surface area (Å²) in [6.07, 6.45) is 1.57. The van der Waals surface area contributed by atoms with Crippen molar-refractivity contribution in [2.75, 3.05) is 0 Å². The van der Waals surface area contributed by atoms with Crippen LogP contribution >= 0.6 is 11.6 Å². The molecule has 33 heavy (non-hydrogen) atoms. The molecule has 0 unspecified atom stereocenters. The highest BCUT2D eigenvalue weighted by Crippen LogP contribution is 2.15. The number of carbonyl (C=O) groups excluding carboxylic acids is 1. The zero-order chi connectivity index (χ0) is 23.4. The molecule has 1 N–H and O–H groups in total. The van der Waals surface area contributed by atoms with E-state index in [4.69, 9.17) is 11.6 Å². The van der Waals surface area contributed by atoms with Crippen molar-refractivity contribution in [3.05, 3.63) is 122 Å². The first-order chi connectivity index (χ1) is 15.9. The van der Waals surface area contributed by atoms with Crippen molar-refractivity contribution in [2.45, 2.75) is 13.1 Å². The molecule has 0 bridgehead atoms. The minimum atomic E-state index is -0.897. The van der Waals surface area contributed by atoms with Gasteiger partial charge in [0.2, 0.25) is 5.69 Å². The van der Waals surface area contributed by atoms with Crippen molar-refractivity contribution in [3.8, 4) is 5.69 Å². The Kier molecular flexibility index (Phi) is 6.41. The summed E-state index contributed by atoms with van der Waals surface area (Å²) in [7, 11) is 0. The first-order valence-corrected chi connectivity index (χ1v) is 10.2. The van der Waals surface area contributed by atoms with E-state index >= 15 is 0 Å². The van der Waals surface area contributed by atoms with E-state index in [0.29, 0.717) is 16.3 Å². The first-order valence-electron chi connectivity index (χ1n) is 9.85. The predicted octanol–water partition coefficient (Wildman–Crippen LogP) is 2.56. The van der Waals surface area contributed by atoms with Gasteiger partial charge >= 0.3 is 5.69 Å². The number of rotatable bonds is 6. The maximum Gasteiger partial charge on any atom is 0.352 e. The Balaban J connectivity index is 1.80. The lowest BCUT2D eigenvalue weighted by Crippen LogP contribution is -2.46. The summed E-state index contributed by atoms with van der Waals surface area (Å²) in [6.45, 7) is -0.153. The second-order valence-electron chi connectivity index (χ2n) is 7.01. The normalized spacial score (nSPS) is 10.7. The lowest BCUT2D eigenvalue weighted by molar-refractivity contribution is 0.0940. The molecule has 0 spiro atoms. The first kappa shape index (κ1) is 22.1. The van der Waals surface area contributed by atoms with Crippen molar-refractivity contribution in [1.29, 1.82) is 0 Å². The number of carbonyl (C=O) groups is 1. The Morgan fingerprint density at radius 3 is 2.55 bits per heavy atom. The van der Waals surface area contributed by atoms with Crippen molar-refractivity contribution in [3.63, 3.8) is 0 Å². The number of halogens is 2. The number of hydrogen-bond donors (Lipinski definition) is 1. The van der Waals surface area contributed by atoms with E-state index in [1.807, 2.05) is 0 Å². The van der Waals surface area contributed by atoms with Crippen LogP contribution in [0.1, 0.15) is 21.7 Å². The fraction of sp³-hybridized carbons (Fsp3) is 0.0870. The Bertz CT molecular complexity index is 1440. The number of benzene rings is 2. The Labute approximate surface area is 191 Å². The minimum absolute atomic E-state index is 0.0460. The summed E-state index contributed by atoms with van der Waals surface area (Å²) in [4.78, 5) is 43.2. The zero-order valence-electron chi connectivity index (χ0n) is 17.1. The number of amides is 1. The summed E-state index contributed by atoms with van der Waals surface area (Å²) in [5.41, 5.74) is -1.14. The van der Waals surface area contributed by atoms with E-state index in [2.05, 4.69) is 15.4 Å². The summed E-state index contributed by atoms with van der Waals surface area (Å²) in [5, 5.41) is 6.88. The Morgan fingerprint density at radius 1 is 1.03 bits per heavy atom. The second-order valence-corrected chi connectivity index (χ2v) is 7.42. The molecule has 0 aliphatic rings. The smallest absolute Gasteiger partial charge is 0.345 e. The number of hydrogen-bond acceptors (Lipinski definition) is 5. The molecule has 0 saturated heterocycles. The van der Waals surface area contributed by atoms with Gasteiger partial charge in [-0.1, -0.05) is 41.9 Å². The molecule has 4 aromatic rings. The Hall–Kier alpha value is -4.11. The summed E-state index contributed by atoms with van der Waals surface area (Å²) in [6, 6.07) is 17.0. The predicted molar refractivity (Wildman–Crippen MR) is 120 cm³/mol. The molecular weight excluding hydrogens is 449 g/mol. The van der Waals surface area contributed by atoms with Crippen LogP contribution in [-0.4, -0.2) is 25.2 Å². The van der Waals surface area contributed by atoms with Gasteiger partial charge in [0.1, 0.15) is 5.82 Å². The molecule has 0 radical (unpaired) electrons. The average molecular weight is 466 g/mol. The summed E-state index contributed by atoms with van der Waals surface area (Å²) >= 11 is 6.20. The van der Waals surface area contributed by atoms with Gasteiger partial charge in [-0.2, -0.15) is 9.78 Å².